The fourth-order valence-corrected chi connectivity index (χ4v) is 4.90. The van der Waals surface area contributed by atoms with E-state index in [2.05, 4.69) is 10.4 Å². The van der Waals surface area contributed by atoms with Crippen LogP contribution in [0, 0.1) is 18.2 Å². The molecule has 1 saturated carbocycles. The minimum atomic E-state index is -1.33. The number of carbonyl (C=O) groups is 3. The summed E-state index contributed by atoms with van der Waals surface area (Å²) >= 11 is 0. The van der Waals surface area contributed by atoms with Gasteiger partial charge >= 0.3 is 5.97 Å². The molecule has 0 bridgehead atoms. The number of hydrogen-bond acceptors (Lipinski definition) is 7. The minimum absolute atomic E-state index is 0.0146. The molecule has 2 aliphatic rings. The lowest BCUT2D eigenvalue weighted by molar-refractivity contribution is -0.149. The summed E-state index contributed by atoms with van der Waals surface area (Å²) in [6.07, 6.45) is 2.93. The number of amides is 1. The van der Waals surface area contributed by atoms with Gasteiger partial charge in [0, 0.05) is 12.5 Å². The van der Waals surface area contributed by atoms with Gasteiger partial charge in [-0.3, -0.25) is 9.59 Å². The number of anilines is 1. The van der Waals surface area contributed by atoms with Gasteiger partial charge in [0.1, 0.15) is 11.9 Å². The summed E-state index contributed by atoms with van der Waals surface area (Å²) < 4.78 is 22.0. The highest BCUT2D eigenvalue weighted by molar-refractivity contribution is 6.01. The fraction of sp³-hybridized carbons (Fsp3) is 0.500. The van der Waals surface area contributed by atoms with E-state index in [9.17, 15) is 14.4 Å². The van der Waals surface area contributed by atoms with Crippen molar-refractivity contribution in [1.82, 2.24) is 9.78 Å². The topological polar surface area (TPSA) is 142 Å². The SMILES string of the molecule is Cc1nn(-c2cc(F)c(C(N)=O)c(NC(N)C(=O)OC3CCCC3)c2)c2c1C(=O)CC(C)(C)C2. The zero-order valence-electron chi connectivity index (χ0n) is 19.6. The van der Waals surface area contributed by atoms with Crippen LogP contribution in [0.3, 0.4) is 0 Å². The van der Waals surface area contributed by atoms with Gasteiger partial charge in [-0.15, -0.1) is 0 Å². The molecule has 5 N–H and O–H groups in total. The van der Waals surface area contributed by atoms with Crippen molar-refractivity contribution in [2.75, 3.05) is 5.32 Å². The number of nitrogens with zero attached hydrogens (tertiary/aromatic N) is 2. The van der Waals surface area contributed by atoms with Crippen LogP contribution in [0.1, 0.15) is 78.1 Å². The molecule has 1 aromatic heterocycles. The minimum Gasteiger partial charge on any atom is -0.460 e. The molecule has 10 heteroatoms. The number of benzene rings is 1. The number of ether oxygens (including phenoxy) is 1. The number of aromatic nitrogens is 2. The van der Waals surface area contributed by atoms with E-state index in [0.29, 0.717) is 29.8 Å². The number of nitrogens with two attached hydrogens (primary N) is 2. The largest absolute Gasteiger partial charge is 0.460 e. The summed E-state index contributed by atoms with van der Waals surface area (Å²) in [6.45, 7) is 5.70. The first-order valence-electron chi connectivity index (χ1n) is 11.4. The molecule has 1 fully saturated rings. The summed E-state index contributed by atoms with van der Waals surface area (Å²) in [4.78, 5) is 37.2. The lowest BCUT2D eigenvalue weighted by atomic mass is 9.75. The summed E-state index contributed by atoms with van der Waals surface area (Å²) in [7, 11) is 0. The van der Waals surface area contributed by atoms with Gasteiger partial charge in [0.25, 0.3) is 5.91 Å². The second-order valence-corrected chi connectivity index (χ2v) is 9.94. The number of hydrogen-bond donors (Lipinski definition) is 3. The van der Waals surface area contributed by atoms with E-state index < -0.39 is 29.4 Å². The molecule has 0 aliphatic heterocycles. The Kier molecular flexibility index (Phi) is 6.20. The number of rotatable bonds is 6. The third kappa shape index (κ3) is 4.54. The van der Waals surface area contributed by atoms with Crippen LogP contribution in [-0.4, -0.2) is 39.7 Å². The smallest absolute Gasteiger partial charge is 0.343 e. The molecule has 1 atom stereocenters. The van der Waals surface area contributed by atoms with Crippen LogP contribution in [0.4, 0.5) is 10.1 Å². The van der Waals surface area contributed by atoms with Crippen molar-refractivity contribution < 1.29 is 23.5 Å². The lowest BCUT2D eigenvalue weighted by Crippen LogP contribution is -2.41. The Morgan fingerprint density at radius 1 is 1.26 bits per heavy atom. The normalized spacial score (nSPS) is 18.4. The summed E-state index contributed by atoms with van der Waals surface area (Å²) in [6, 6.07) is 2.58. The van der Waals surface area contributed by atoms with E-state index in [4.69, 9.17) is 16.2 Å². The molecule has 2 aromatic rings. The van der Waals surface area contributed by atoms with E-state index in [-0.39, 0.29) is 28.7 Å². The molecule has 1 amide bonds. The van der Waals surface area contributed by atoms with E-state index in [0.717, 1.165) is 31.7 Å². The second kappa shape index (κ2) is 8.83. The third-order valence-corrected chi connectivity index (χ3v) is 6.44. The van der Waals surface area contributed by atoms with Crippen molar-refractivity contribution in [3.63, 3.8) is 0 Å². The number of esters is 1. The molecule has 0 spiro atoms. The van der Waals surface area contributed by atoms with E-state index >= 15 is 4.39 Å². The van der Waals surface area contributed by atoms with Gasteiger partial charge in [-0.2, -0.15) is 5.10 Å². The van der Waals surface area contributed by atoms with Crippen molar-refractivity contribution in [2.45, 2.75) is 71.6 Å². The van der Waals surface area contributed by atoms with Crippen LogP contribution in [0.25, 0.3) is 5.69 Å². The number of fused-ring (bicyclic) bond motifs is 1. The molecule has 4 rings (SSSR count). The van der Waals surface area contributed by atoms with E-state index in [1.54, 1.807) is 6.92 Å². The van der Waals surface area contributed by atoms with Gasteiger partial charge in [-0.05, 0) is 50.5 Å². The molecule has 0 radical (unpaired) electrons. The maximum absolute atomic E-state index is 15.1. The van der Waals surface area contributed by atoms with Crippen LogP contribution in [0.2, 0.25) is 0 Å². The molecular formula is C24H30FN5O4. The Balaban J connectivity index is 1.71. The van der Waals surface area contributed by atoms with Crippen molar-refractivity contribution in [1.29, 1.82) is 0 Å². The fourth-order valence-electron chi connectivity index (χ4n) is 4.90. The first-order valence-corrected chi connectivity index (χ1v) is 11.4. The van der Waals surface area contributed by atoms with Crippen LogP contribution in [0.5, 0.6) is 0 Å². The average Bonchev–Trinajstić information content (AvgIpc) is 3.33. The Morgan fingerprint density at radius 2 is 1.94 bits per heavy atom. The quantitative estimate of drug-likeness (QED) is 0.434. The highest BCUT2D eigenvalue weighted by Crippen LogP contribution is 2.37. The molecule has 9 nitrogen and oxygen atoms in total. The number of nitrogens with one attached hydrogen (secondary N) is 1. The van der Waals surface area contributed by atoms with Crippen LogP contribution in [0.15, 0.2) is 12.1 Å². The van der Waals surface area contributed by atoms with E-state index in [1.165, 1.54) is 10.7 Å². The van der Waals surface area contributed by atoms with Gasteiger partial charge in [-0.25, -0.2) is 13.9 Å². The van der Waals surface area contributed by atoms with E-state index in [1.807, 2.05) is 13.8 Å². The van der Waals surface area contributed by atoms with Crippen molar-refractivity contribution in [2.24, 2.45) is 16.9 Å². The zero-order chi connectivity index (χ0) is 24.8. The van der Waals surface area contributed by atoms with Crippen LogP contribution < -0.4 is 16.8 Å². The van der Waals surface area contributed by atoms with Gasteiger partial charge in [0.2, 0.25) is 0 Å². The molecule has 0 saturated heterocycles. The maximum Gasteiger partial charge on any atom is 0.343 e. The van der Waals surface area contributed by atoms with Crippen LogP contribution >= 0.6 is 0 Å². The molecule has 34 heavy (non-hydrogen) atoms. The number of primary amides is 1. The first kappa shape index (κ1) is 23.9. The molecule has 1 heterocycles. The second-order valence-electron chi connectivity index (χ2n) is 9.94. The van der Waals surface area contributed by atoms with Crippen molar-refractivity contribution >= 4 is 23.3 Å². The Morgan fingerprint density at radius 3 is 2.59 bits per heavy atom. The highest BCUT2D eigenvalue weighted by Gasteiger charge is 2.36. The molecule has 1 aromatic carbocycles. The maximum atomic E-state index is 15.1. The summed E-state index contributed by atoms with van der Waals surface area (Å²) in [5.41, 5.74) is 12.6. The molecule has 182 valence electrons. The lowest BCUT2D eigenvalue weighted by Gasteiger charge is -2.29. The van der Waals surface area contributed by atoms with Gasteiger partial charge in [-0.1, -0.05) is 13.8 Å². The van der Waals surface area contributed by atoms with Crippen molar-refractivity contribution in [3.8, 4) is 5.69 Å². The highest BCUT2D eigenvalue weighted by atomic mass is 19.1. The number of carbonyl (C=O) groups excluding carboxylic acids is 3. The first-order chi connectivity index (χ1) is 16.0. The number of ketones is 1. The average molecular weight is 472 g/mol. The summed E-state index contributed by atoms with van der Waals surface area (Å²) in [5.74, 6) is -2.63. The third-order valence-electron chi connectivity index (χ3n) is 6.44. The predicted molar refractivity (Wildman–Crippen MR) is 123 cm³/mol. The standard InChI is InChI=1S/C24H30FN5O4/c1-12-19-17(10-24(2,3)11-18(19)31)30(29-12)13-8-15(25)20(22(27)32)16(9-13)28-21(26)23(33)34-14-6-4-5-7-14/h8-9,14,21,28H,4-7,10-11,26H2,1-3H3,(H2,27,32). The Labute approximate surface area is 197 Å². The number of aryl methyl sites for hydroxylation is 1. The van der Waals surface area contributed by atoms with Crippen molar-refractivity contribution in [3.05, 3.63) is 40.5 Å². The molecule has 1 unspecified atom stereocenters. The Bertz CT molecular complexity index is 1170. The summed E-state index contributed by atoms with van der Waals surface area (Å²) in [5, 5.41) is 7.16. The zero-order valence-corrected chi connectivity index (χ0v) is 19.6. The predicted octanol–water partition coefficient (Wildman–Crippen LogP) is 2.76. The number of Topliss-reactive ketones (excluding diaryl/α,β-unsaturated/α-hetero) is 1. The molecular weight excluding hydrogens is 441 g/mol. The monoisotopic (exact) mass is 471 g/mol. The number of halogens is 1. The Hall–Kier alpha value is -3.27. The van der Waals surface area contributed by atoms with Gasteiger partial charge in [0.05, 0.1) is 33.9 Å². The van der Waals surface area contributed by atoms with Gasteiger partial charge < -0.3 is 21.5 Å². The van der Waals surface area contributed by atoms with Crippen LogP contribution in [-0.2, 0) is 16.0 Å². The molecule has 2 aliphatic carbocycles. The van der Waals surface area contributed by atoms with Gasteiger partial charge in [0.15, 0.2) is 11.9 Å².